The van der Waals surface area contributed by atoms with Crippen molar-refractivity contribution in [1.29, 1.82) is 0 Å². The second-order valence-corrected chi connectivity index (χ2v) is 3.33. The highest BCUT2D eigenvalue weighted by atomic mass is 19.1. The molecule has 4 heteroatoms. The van der Waals surface area contributed by atoms with E-state index in [1.807, 2.05) is 0 Å². The molecule has 2 nitrogen and oxygen atoms in total. The summed E-state index contributed by atoms with van der Waals surface area (Å²) < 4.78 is 25.9. The Morgan fingerprint density at radius 1 is 1.47 bits per heavy atom. The Labute approximate surface area is 87.8 Å². The Balaban J connectivity index is 2.74. The highest BCUT2D eigenvalue weighted by Gasteiger charge is 2.10. The van der Waals surface area contributed by atoms with Crippen molar-refractivity contribution in [3.05, 3.63) is 48.1 Å². The first-order valence-corrected chi connectivity index (χ1v) is 4.68. The summed E-state index contributed by atoms with van der Waals surface area (Å²) in [4.78, 5) is 0. The number of nitrogens with one attached hydrogen (secondary N) is 1. The molecule has 15 heavy (non-hydrogen) atoms. The predicted molar refractivity (Wildman–Crippen MR) is 56.0 cm³/mol. The third-order valence-electron chi connectivity index (χ3n) is 2.17. The van der Waals surface area contributed by atoms with Gasteiger partial charge in [0.2, 0.25) is 0 Å². The van der Waals surface area contributed by atoms with Crippen LogP contribution < -0.4 is 11.3 Å². The lowest BCUT2D eigenvalue weighted by Gasteiger charge is -2.14. The Kier molecular flexibility index (Phi) is 4.39. The highest BCUT2D eigenvalue weighted by Crippen LogP contribution is 2.12. The van der Waals surface area contributed by atoms with Crippen molar-refractivity contribution in [1.82, 2.24) is 5.43 Å². The molecule has 3 N–H and O–H groups in total. The van der Waals surface area contributed by atoms with Crippen LogP contribution in [0.15, 0.2) is 30.9 Å². The second kappa shape index (κ2) is 5.58. The fraction of sp³-hybridized carbons (Fsp3) is 0.273. The van der Waals surface area contributed by atoms with Crippen LogP contribution in [0.25, 0.3) is 0 Å². The first-order valence-electron chi connectivity index (χ1n) is 4.68. The van der Waals surface area contributed by atoms with Gasteiger partial charge in [0.25, 0.3) is 0 Å². The van der Waals surface area contributed by atoms with Gasteiger partial charge in [-0.3, -0.25) is 11.3 Å². The van der Waals surface area contributed by atoms with Crippen LogP contribution in [0, 0.1) is 11.6 Å². The molecular weight excluding hydrogens is 198 g/mol. The maximum atomic E-state index is 13.3. The van der Waals surface area contributed by atoms with Crippen molar-refractivity contribution in [3.8, 4) is 0 Å². The zero-order valence-corrected chi connectivity index (χ0v) is 8.34. The van der Waals surface area contributed by atoms with Gasteiger partial charge in [-0.1, -0.05) is 12.1 Å². The number of hydrogen-bond donors (Lipinski definition) is 2. The first-order chi connectivity index (χ1) is 7.17. The smallest absolute Gasteiger partial charge is 0.129 e. The summed E-state index contributed by atoms with van der Waals surface area (Å²) in [5.41, 5.74) is 3.01. The van der Waals surface area contributed by atoms with E-state index in [1.54, 1.807) is 6.08 Å². The van der Waals surface area contributed by atoms with Crippen LogP contribution in [0.4, 0.5) is 8.78 Å². The molecule has 1 aromatic rings. The van der Waals surface area contributed by atoms with E-state index in [0.29, 0.717) is 18.4 Å². The van der Waals surface area contributed by atoms with E-state index >= 15 is 0 Å². The molecule has 0 aliphatic rings. The van der Waals surface area contributed by atoms with E-state index in [1.165, 1.54) is 12.1 Å². The van der Waals surface area contributed by atoms with Crippen molar-refractivity contribution in [3.63, 3.8) is 0 Å². The summed E-state index contributed by atoms with van der Waals surface area (Å²) in [6, 6.07) is 3.46. The maximum Gasteiger partial charge on any atom is 0.129 e. The Bertz CT molecular complexity index is 339. The molecule has 0 fully saturated rings. The lowest BCUT2D eigenvalue weighted by molar-refractivity contribution is 0.508. The minimum atomic E-state index is -0.572. The zero-order valence-electron chi connectivity index (χ0n) is 8.34. The Hall–Kier alpha value is -1.26. The monoisotopic (exact) mass is 212 g/mol. The van der Waals surface area contributed by atoms with Crippen molar-refractivity contribution < 1.29 is 8.78 Å². The van der Waals surface area contributed by atoms with Crippen molar-refractivity contribution in [2.45, 2.75) is 18.9 Å². The van der Waals surface area contributed by atoms with Crippen molar-refractivity contribution >= 4 is 0 Å². The molecule has 0 aromatic heterocycles. The largest absolute Gasteiger partial charge is 0.271 e. The third-order valence-corrected chi connectivity index (χ3v) is 2.17. The minimum Gasteiger partial charge on any atom is -0.271 e. The number of hydrogen-bond acceptors (Lipinski definition) is 2. The fourth-order valence-corrected chi connectivity index (χ4v) is 1.36. The molecule has 82 valence electrons. The standard InChI is InChI=1S/C11H14F2N2/c1-2-3-10(15-14)6-8-4-5-9(12)7-11(8)13/h2,4-5,7,10,15H,1,3,6,14H2. The van der Waals surface area contributed by atoms with Gasteiger partial charge >= 0.3 is 0 Å². The molecule has 0 bridgehead atoms. The molecule has 0 amide bonds. The van der Waals surface area contributed by atoms with Gasteiger partial charge in [-0.15, -0.1) is 6.58 Å². The van der Waals surface area contributed by atoms with Gasteiger partial charge in [0.15, 0.2) is 0 Å². The number of halogens is 2. The van der Waals surface area contributed by atoms with Gasteiger partial charge in [0.1, 0.15) is 11.6 Å². The van der Waals surface area contributed by atoms with Gasteiger partial charge in [-0.05, 0) is 24.5 Å². The van der Waals surface area contributed by atoms with Crippen LogP contribution in [0.3, 0.4) is 0 Å². The van der Waals surface area contributed by atoms with E-state index in [0.717, 1.165) is 6.07 Å². The number of nitrogens with two attached hydrogens (primary N) is 1. The fourth-order valence-electron chi connectivity index (χ4n) is 1.36. The first kappa shape index (κ1) is 11.8. The van der Waals surface area contributed by atoms with Crippen LogP contribution in [-0.2, 0) is 6.42 Å². The van der Waals surface area contributed by atoms with Crippen LogP contribution in [0.1, 0.15) is 12.0 Å². The molecule has 0 spiro atoms. The molecule has 1 rings (SSSR count). The van der Waals surface area contributed by atoms with E-state index in [-0.39, 0.29) is 6.04 Å². The highest BCUT2D eigenvalue weighted by molar-refractivity contribution is 5.19. The van der Waals surface area contributed by atoms with Crippen LogP contribution in [0.5, 0.6) is 0 Å². The zero-order chi connectivity index (χ0) is 11.3. The Morgan fingerprint density at radius 2 is 2.20 bits per heavy atom. The normalized spacial score (nSPS) is 12.5. The van der Waals surface area contributed by atoms with Gasteiger partial charge in [0, 0.05) is 12.1 Å². The molecular formula is C11H14F2N2. The summed E-state index contributed by atoms with van der Waals surface area (Å²) in [6.07, 6.45) is 2.74. The lowest BCUT2D eigenvalue weighted by Crippen LogP contribution is -2.36. The van der Waals surface area contributed by atoms with Gasteiger partial charge < -0.3 is 0 Å². The van der Waals surface area contributed by atoms with E-state index in [4.69, 9.17) is 5.84 Å². The van der Waals surface area contributed by atoms with Crippen molar-refractivity contribution in [2.75, 3.05) is 0 Å². The SMILES string of the molecule is C=CCC(Cc1ccc(F)cc1F)NN. The summed E-state index contributed by atoms with van der Waals surface area (Å²) in [7, 11) is 0. The van der Waals surface area contributed by atoms with Gasteiger partial charge in [0.05, 0.1) is 0 Å². The average molecular weight is 212 g/mol. The van der Waals surface area contributed by atoms with E-state index in [2.05, 4.69) is 12.0 Å². The molecule has 1 aromatic carbocycles. The molecule has 1 unspecified atom stereocenters. The average Bonchev–Trinajstić information content (AvgIpc) is 2.21. The second-order valence-electron chi connectivity index (χ2n) is 3.33. The summed E-state index contributed by atoms with van der Waals surface area (Å²) in [6.45, 7) is 3.58. The predicted octanol–water partition coefficient (Wildman–Crippen LogP) is 1.92. The van der Waals surface area contributed by atoms with Crippen LogP contribution >= 0.6 is 0 Å². The third kappa shape index (κ3) is 3.42. The van der Waals surface area contributed by atoms with Crippen molar-refractivity contribution in [2.24, 2.45) is 5.84 Å². The molecule has 0 saturated carbocycles. The van der Waals surface area contributed by atoms with Crippen LogP contribution in [0.2, 0.25) is 0 Å². The summed E-state index contributed by atoms with van der Waals surface area (Å²) in [5.74, 6) is 4.18. The molecule has 0 saturated heterocycles. The van der Waals surface area contributed by atoms with E-state index in [9.17, 15) is 8.78 Å². The molecule has 1 atom stereocenters. The number of hydrazine groups is 1. The van der Waals surface area contributed by atoms with E-state index < -0.39 is 11.6 Å². The minimum absolute atomic E-state index is 0.0811. The molecule has 0 aliphatic carbocycles. The maximum absolute atomic E-state index is 13.3. The number of rotatable bonds is 5. The Morgan fingerprint density at radius 3 is 2.73 bits per heavy atom. The molecule has 0 aliphatic heterocycles. The quantitative estimate of drug-likeness (QED) is 0.444. The topological polar surface area (TPSA) is 38.0 Å². The molecule has 0 radical (unpaired) electrons. The summed E-state index contributed by atoms with van der Waals surface area (Å²) >= 11 is 0. The number of benzene rings is 1. The summed E-state index contributed by atoms with van der Waals surface area (Å²) in [5, 5.41) is 0. The van der Waals surface area contributed by atoms with Crippen LogP contribution in [-0.4, -0.2) is 6.04 Å². The lowest BCUT2D eigenvalue weighted by atomic mass is 10.0. The molecule has 0 heterocycles. The van der Waals surface area contributed by atoms with Gasteiger partial charge in [-0.2, -0.15) is 0 Å². The van der Waals surface area contributed by atoms with Gasteiger partial charge in [-0.25, -0.2) is 8.78 Å².